The van der Waals surface area contributed by atoms with Gasteiger partial charge in [0.15, 0.2) is 0 Å². The molecule has 19 heavy (non-hydrogen) atoms. The minimum atomic E-state index is -0.0549. The van der Waals surface area contributed by atoms with Gasteiger partial charge in [-0.2, -0.15) is 0 Å². The number of halogens is 1. The third-order valence-electron chi connectivity index (χ3n) is 3.46. The maximum Gasteiger partial charge on any atom is 0.255 e. The van der Waals surface area contributed by atoms with Crippen molar-refractivity contribution in [3.05, 3.63) is 28.8 Å². The zero-order valence-corrected chi connectivity index (χ0v) is 11.8. The summed E-state index contributed by atoms with van der Waals surface area (Å²) in [6.45, 7) is 2.32. The Morgan fingerprint density at radius 1 is 1.47 bits per heavy atom. The fourth-order valence-electron chi connectivity index (χ4n) is 2.33. The quantitative estimate of drug-likeness (QED) is 0.866. The molecular formula is C14H19ClN2O2. The molecule has 1 aromatic rings. The zero-order chi connectivity index (χ0) is 13.8. The first-order valence-corrected chi connectivity index (χ1v) is 6.84. The summed E-state index contributed by atoms with van der Waals surface area (Å²) in [4.78, 5) is 14.1. The van der Waals surface area contributed by atoms with Crippen LogP contribution in [0.15, 0.2) is 18.2 Å². The third-order valence-corrected chi connectivity index (χ3v) is 3.70. The number of nitrogens with two attached hydrogens (primary N) is 1. The van der Waals surface area contributed by atoms with Crippen molar-refractivity contribution in [3.63, 3.8) is 0 Å². The topological polar surface area (TPSA) is 55.6 Å². The molecular weight excluding hydrogens is 264 g/mol. The highest BCUT2D eigenvalue weighted by Crippen LogP contribution is 2.21. The molecule has 2 N–H and O–H groups in total. The highest BCUT2D eigenvalue weighted by atomic mass is 35.5. The average molecular weight is 283 g/mol. The average Bonchev–Trinajstić information content (AvgIpc) is 2.39. The second-order valence-corrected chi connectivity index (χ2v) is 5.41. The van der Waals surface area contributed by atoms with E-state index in [1.807, 2.05) is 7.05 Å². The number of carbonyl (C=O) groups excluding carboxylic acids is 1. The van der Waals surface area contributed by atoms with Crippen LogP contribution in [0.4, 0.5) is 5.69 Å². The Morgan fingerprint density at radius 2 is 2.16 bits per heavy atom. The van der Waals surface area contributed by atoms with Crippen LogP contribution in [0.3, 0.4) is 0 Å². The molecule has 4 nitrogen and oxygen atoms in total. The van der Waals surface area contributed by atoms with Crippen LogP contribution >= 0.6 is 11.6 Å². The summed E-state index contributed by atoms with van der Waals surface area (Å²) in [6.07, 6.45) is 2.02. The fraction of sp³-hybridized carbons (Fsp3) is 0.500. The SMILES string of the molecule is CN(CC1CCOCC1)C(=O)c1ccc(Cl)cc1N. The lowest BCUT2D eigenvalue weighted by Gasteiger charge is -2.27. The molecule has 1 amide bonds. The molecule has 1 saturated heterocycles. The number of nitrogen functional groups attached to an aromatic ring is 1. The van der Waals surface area contributed by atoms with Crippen molar-refractivity contribution in [3.8, 4) is 0 Å². The number of nitrogens with zero attached hydrogens (tertiary/aromatic N) is 1. The number of amides is 1. The smallest absolute Gasteiger partial charge is 0.255 e. The highest BCUT2D eigenvalue weighted by molar-refractivity contribution is 6.31. The van der Waals surface area contributed by atoms with Crippen molar-refractivity contribution in [2.75, 3.05) is 32.5 Å². The monoisotopic (exact) mass is 282 g/mol. The Kier molecular flexibility index (Phi) is 4.66. The van der Waals surface area contributed by atoms with Gasteiger partial charge in [-0.05, 0) is 37.0 Å². The lowest BCUT2D eigenvalue weighted by Crippen LogP contribution is -2.34. The van der Waals surface area contributed by atoms with E-state index in [4.69, 9.17) is 22.1 Å². The van der Waals surface area contributed by atoms with Crippen molar-refractivity contribution in [1.82, 2.24) is 4.90 Å². The van der Waals surface area contributed by atoms with Gasteiger partial charge in [0.25, 0.3) is 5.91 Å². The standard InChI is InChI=1S/C14H19ClN2O2/c1-17(9-10-4-6-19-7-5-10)14(18)12-3-2-11(15)8-13(12)16/h2-3,8,10H,4-7,9,16H2,1H3. The number of rotatable bonds is 3. The van der Waals surface area contributed by atoms with Gasteiger partial charge in [0.1, 0.15) is 0 Å². The Hall–Kier alpha value is -1.26. The lowest BCUT2D eigenvalue weighted by molar-refractivity contribution is 0.0497. The molecule has 5 heteroatoms. The molecule has 0 atom stereocenters. The summed E-state index contributed by atoms with van der Waals surface area (Å²) < 4.78 is 5.32. The van der Waals surface area contributed by atoms with E-state index in [0.717, 1.165) is 32.6 Å². The van der Waals surface area contributed by atoms with Crippen LogP contribution in [-0.4, -0.2) is 37.6 Å². The van der Waals surface area contributed by atoms with Gasteiger partial charge in [-0.1, -0.05) is 11.6 Å². The van der Waals surface area contributed by atoms with Crippen LogP contribution in [-0.2, 0) is 4.74 Å². The maximum atomic E-state index is 12.3. The molecule has 0 unspecified atom stereocenters. The van der Waals surface area contributed by atoms with Gasteiger partial charge < -0.3 is 15.4 Å². The molecule has 1 aromatic carbocycles. The van der Waals surface area contributed by atoms with Gasteiger partial charge in [-0.15, -0.1) is 0 Å². The number of hydrogen-bond donors (Lipinski definition) is 1. The molecule has 1 aliphatic heterocycles. The minimum Gasteiger partial charge on any atom is -0.398 e. The number of carbonyl (C=O) groups is 1. The van der Waals surface area contributed by atoms with Gasteiger partial charge in [0, 0.05) is 37.5 Å². The van der Waals surface area contributed by atoms with Crippen LogP contribution < -0.4 is 5.73 Å². The predicted octanol–water partition coefficient (Wildman–Crippen LogP) is 2.42. The Labute approximate surface area is 118 Å². The fourth-order valence-corrected chi connectivity index (χ4v) is 2.51. The number of hydrogen-bond acceptors (Lipinski definition) is 3. The zero-order valence-electron chi connectivity index (χ0n) is 11.1. The van der Waals surface area contributed by atoms with E-state index in [1.165, 1.54) is 0 Å². The Bertz CT molecular complexity index is 459. The van der Waals surface area contributed by atoms with Gasteiger partial charge >= 0.3 is 0 Å². The van der Waals surface area contributed by atoms with E-state index in [-0.39, 0.29) is 5.91 Å². The molecule has 2 rings (SSSR count). The molecule has 1 aliphatic rings. The van der Waals surface area contributed by atoms with Crippen LogP contribution in [0.25, 0.3) is 0 Å². The Morgan fingerprint density at radius 3 is 2.79 bits per heavy atom. The molecule has 0 saturated carbocycles. The van der Waals surface area contributed by atoms with Gasteiger partial charge in [-0.3, -0.25) is 4.79 Å². The van der Waals surface area contributed by atoms with E-state index in [1.54, 1.807) is 23.1 Å². The summed E-state index contributed by atoms with van der Waals surface area (Å²) in [5, 5.41) is 0.543. The summed E-state index contributed by atoms with van der Waals surface area (Å²) in [6, 6.07) is 4.98. The normalized spacial score (nSPS) is 16.3. The summed E-state index contributed by atoms with van der Waals surface area (Å²) in [5.41, 5.74) is 6.78. The molecule has 0 bridgehead atoms. The van der Waals surface area contributed by atoms with Crippen LogP contribution in [0.1, 0.15) is 23.2 Å². The lowest BCUT2D eigenvalue weighted by atomic mass is 9.99. The molecule has 1 fully saturated rings. The second kappa shape index (κ2) is 6.26. The van der Waals surface area contributed by atoms with Crippen molar-refractivity contribution in [2.24, 2.45) is 5.92 Å². The maximum absolute atomic E-state index is 12.3. The first kappa shape index (κ1) is 14.2. The highest BCUT2D eigenvalue weighted by Gasteiger charge is 2.20. The minimum absolute atomic E-state index is 0.0549. The molecule has 1 heterocycles. The molecule has 104 valence electrons. The van der Waals surface area contributed by atoms with Crippen molar-refractivity contribution in [2.45, 2.75) is 12.8 Å². The molecule has 0 aliphatic carbocycles. The summed E-state index contributed by atoms with van der Waals surface area (Å²) >= 11 is 5.84. The van der Waals surface area contributed by atoms with Crippen molar-refractivity contribution >= 4 is 23.2 Å². The van der Waals surface area contributed by atoms with E-state index in [9.17, 15) is 4.79 Å². The number of ether oxygens (including phenoxy) is 1. The van der Waals surface area contributed by atoms with Gasteiger partial charge in [-0.25, -0.2) is 0 Å². The number of anilines is 1. The summed E-state index contributed by atoms with van der Waals surface area (Å²) in [5.74, 6) is 0.455. The largest absolute Gasteiger partial charge is 0.398 e. The Balaban J connectivity index is 2.01. The van der Waals surface area contributed by atoms with E-state index >= 15 is 0 Å². The van der Waals surface area contributed by atoms with Crippen LogP contribution in [0, 0.1) is 5.92 Å². The van der Waals surface area contributed by atoms with Crippen molar-refractivity contribution < 1.29 is 9.53 Å². The van der Waals surface area contributed by atoms with Crippen LogP contribution in [0.5, 0.6) is 0 Å². The molecule has 0 spiro atoms. The number of benzene rings is 1. The summed E-state index contributed by atoms with van der Waals surface area (Å²) in [7, 11) is 1.81. The third kappa shape index (κ3) is 3.61. The first-order chi connectivity index (χ1) is 9.08. The van der Waals surface area contributed by atoms with Crippen LogP contribution in [0.2, 0.25) is 5.02 Å². The van der Waals surface area contributed by atoms with Gasteiger partial charge in [0.05, 0.1) is 5.56 Å². The second-order valence-electron chi connectivity index (χ2n) is 4.97. The molecule has 0 radical (unpaired) electrons. The van der Waals surface area contributed by atoms with E-state index < -0.39 is 0 Å². The van der Waals surface area contributed by atoms with Gasteiger partial charge in [0.2, 0.25) is 0 Å². The van der Waals surface area contributed by atoms with E-state index in [2.05, 4.69) is 0 Å². The molecule has 0 aromatic heterocycles. The first-order valence-electron chi connectivity index (χ1n) is 6.46. The van der Waals surface area contributed by atoms with Crippen molar-refractivity contribution in [1.29, 1.82) is 0 Å². The predicted molar refractivity (Wildman–Crippen MR) is 76.4 cm³/mol. The van der Waals surface area contributed by atoms with E-state index in [0.29, 0.717) is 22.2 Å².